The monoisotopic (exact) mass is 536 g/mol. The Bertz CT molecular complexity index is 1590. The summed E-state index contributed by atoms with van der Waals surface area (Å²) in [5.74, 6) is -0.754. The van der Waals surface area contributed by atoms with Crippen LogP contribution in [0, 0.1) is 0 Å². The first kappa shape index (κ1) is 25.6. The Morgan fingerprint density at radius 1 is 1.18 bits per heavy atom. The van der Waals surface area contributed by atoms with Gasteiger partial charge in [-0.15, -0.1) is 5.10 Å². The van der Waals surface area contributed by atoms with Crippen molar-refractivity contribution in [1.29, 1.82) is 0 Å². The van der Waals surface area contributed by atoms with Gasteiger partial charge in [0.1, 0.15) is 16.2 Å². The smallest absolute Gasteiger partial charge is 0.339 e. The number of ether oxygens (including phenoxy) is 1. The van der Waals surface area contributed by atoms with Gasteiger partial charge >= 0.3 is 5.97 Å². The molecule has 38 heavy (non-hydrogen) atoms. The van der Waals surface area contributed by atoms with E-state index in [1.807, 2.05) is 24.4 Å². The third-order valence-electron chi connectivity index (χ3n) is 6.58. The molecule has 0 bridgehead atoms. The van der Waals surface area contributed by atoms with Crippen molar-refractivity contribution in [2.45, 2.75) is 36.6 Å². The van der Waals surface area contributed by atoms with Crippen LogP contribution < -0.4 is 4.74 Å². The third kappa shape index (κ3) is 4.79. The van der Waals surface area contributed by atoms with Crippen molar-refractivity contribution in [3.63, 3.8) is 0 Å². The molecule has 2 atom stereocenters. The lowest BCUT2D eigenvalue weighted by molar-refractivity contribution is 0.0695. The molecule has 0 spiro atoms. The summed E-state index contributed by atoms with van der Waals surface area (Å²) in [6.07, 6.45) is 3.94. The number of carboxylic acid groups (broad SMARTS) is 1. The standard InChI is InChI=1S/C26H28N6O5S/c1-4-37-23-10-5-6-11-24(23)38(35,36)31(3)15-17-8-7-9-18(12-17)32-25(21(14-27-32)26(33)34)20-13-19(20)22-16-30(2)29-28-22/h5-12,14,16,19-20H,4,13,15H2,1-3H3,(H,33,34)/t19-,20-/m1/s1. The normalized spacial score (nSPS) is 17.1. The predicted octanol–water partition coefficient (Wildman–Crippen LogP) is 3.19. The number of benzene rings is 2. The molecule has 1 aliphatic rings. The minimum absolute atomic E-state index is 0.0575. The molecule has 2 heterocycles. The molecule has 12 heteroatoms. The Kier molecular flexibility index (Phi) is 6.76. The Hall–Kier alpha value is -4.03. The number of carboxylic acids is 1. The molecule has 1 fully saturated rings. The van der Waals surface area contributed by atoms with Crippen molar-refractivity contribution in [3.8, 4) is 11.4 Å². The molecule has 0 unspecified atom stereocenters. The molecular weight excluding hydrogens is 508 g/mol. The summed E-state index contributed by atoms with van der Waals surface area (Å²) in [6, 6.07) is 13.8. The number of para-hydroxylation sites is 1. The van der Waals surface area contributed by atoms with Gasteiger partial charge in [0.05, 0.1) is 29.9 Å². The van der Waals surface area contributed by atoms with E-state index in [1.54, 1.807) is 47.6 Å². The predicted molar refractivity (Wildman–Crippen MR) is 138 cm³/mol. The fourth-order valence-electron chi connectivity index (χ4n) is 4.68. The zero-order valence-electron chi connectivity index (χ0n) is 21.2. The summed E-state index contributed by atoms with van der Waals surface area (Å²) >= 11 is 0. The van der Waals surface area contributed by atoms with Gasteiger partial charge in [0.25, 0.3) is 0 Å². The quantitative estimate of drug-likeness (QED) is 0.327. The van der Waals surface area contributed by atoms with E-state index in [9.17, 15) is 18.3 Å². The van der Waals surface area contributed by atoms with Gasteiger partial charge in [0, 0.05) is 38.7 Å². The second-order valence-corrected chi connectivity index (χ2v) is 11.3. The van der Waals surface area contributed by atoms with E-state index in [2.05, 4.69) is 15.4 Å². The lowest BCUT2D eigenvalue weighted by Crippen LogP contribution is -2.27. The average Bonchev–Trinajstić information content (AvgIpc) is 3.33. The zero-order valence-corrected chi connectivity index (χ0v) is 22.0. The highest BCUT2D eigenvalue weighted by Crippen LogP contribution is 2.55. The minimum atomic E-state index is -3.83. The van der Waals surface area contributed by atoms with E-state index in [0.29, 0.717) is 23.7 Å². The van der Waals surface area contributed by atoms with Crippen molar-refractivity contribution in [2.24, 2.45) is 7.05 Å². The van der Waals surface area contributed by atoms with Crippen molar-refractivity contribution in [3.05, 3.63) is 83.4 Å². The highest BCUT2D eigenvalue weighted by Gasteiger charge is 2.46. The molecule has 0 aliphatic heterocycles. The van der Waals surface area contributed by atoms with Crippen LogP contribution in [-0.4, -0.2) is 62.2 Å². The fraction of sp³-hybridized carbons (Fsp3) is 0.308. The first-order valence-electron chi connectivity index (χ1n) is 12.2. The zero-order chi connectivity index (χ0) is 27.0. The molecule has 2 aromatic carbocycles. The van der Waals surface area contributed by atoms with E-state index in [0.717, 1.165) is 17.7 Å². The number of sulfonamides is 1. The summed E-state index contributed by atoms with van der Waals surface area (Å²) in [4.78, 5) is 12.1. The number of hydrogen-bond donors (Lipinski definition) is 1. The maximum atomic E-state index is 13.3. The van der Waals surface area contributed by atoms with Gasteiger partial charge in [-0.3, -0.25) is 4.68 Å². The number of carbonyl (C=O) groups is 1. The van der Waals surface area contributed by atoms with Crippen LogP contribution in [0.15, 0.2) is 65.8 Å². The van der Waals surface area contributed by atoms with Gasteiger partial charge in [-0.25, -0.2) is 17.9 Å². The molecular formula is C26H28N6O5S. The van der Waals surface area contributed by atoms with Crippen LogP contribution in [0.1, 0.15) is 52.5 Å². The molecule has 198 valence electrons. The van der Waals surface area contributed by atoms with Gasteiger partial charge in [-0.1, -0.05) is 29.5 Å². The number of aryl methyl sites for hydroxylation is 1. The number of rotatable bonds is 10. The number of aromatic carboxylic acids is 1. The van der Waals surface area contributed by atoms with Crippen molar-refractivity contribution in [2.75, 3.05) is 13.7 Å². The number of hydrogen-bond acceptors (Lipinski definition) is 7. The first-order chi connectivity index (χ1) is 18.2. The van der Waals surface area contributed by atoms with Crippen LogP contribution in [0.25, 0.3) is 5.69 Å². The Balaban J connectivity index is 1.43. The van der Waals surface area contributed by atoms with Gasteiger partial charge in [-0.2, -0.15) is 9.40 Å². The molecule has 1 aliphatic carbocycles. The van der Waals surface area contributed by atoms with Gasteiger partial charge in [-0.05, 0) is 43.2 Å². The van der Waals surface area contributed by atoms with E-state index in [4.69, 9.17) is 4.74 Å². The lowest BCUT2D eigenvalue weighted by Gasteiger charge is -2.20. The van der Waals surface area contributed by atoms with Crippen LogP contribution in [0.4, 0.5) is 0 Å². The second kappa shape index (κ2) is 10.0. The Morgan fingerprint density at radius 2 is 1.97 bits per heavy atom. The van der Waals surface area contributed by atoms with Gasteiger partial charge in [0.2, 0.25) is 10.0 Å². The van der Waals surface area contributed by atoms with Crippen molar-refractivity contribution in [1.82, 2.24) is 29.1 Å². The topological polar surface area (TPSA) is 132 Å². The molecule has 1 N–H and O–H groups in total. The van der Waals surface area contributed by atoms with E-state index in [-0.39, 0.29) is 28.8 Å². The largest absolute Gasteiger partial charge is 0.492 e. The van der Waals surface area contributed by atoms with Crippen LogP contribution in [0.2, 0.25) is 0 Å². The Labute approximate surface area is 220 Å². The Morgan fingerprint density at radius 3 is 2.68 bits per heavy atom. The van der Waals surface area contributed by atoms with E-state index >= 15 is 0 Å². The maximum Gasteiger partial charge on any atom is 0.339 e. The highest BCUT2D eigenvalue weighted by atomic mass is 32.2. The van der Waals surface area contributed by atoms with E-state index in [1.165, 1.54) is 23.6 Å². The number of aromatic nitrogens is 5. The minimum Gasteiger partial charge on any atom is -0.492 e. The molecule has 4 aromatic rings. The van der Waals surface area contributed by atoms with Crippen molar-refractivity contribution < 1.29 is 23.1 Å². The van der Waals surface area contributed by atoms with E-state index < -0.39 is 16.0 Å². The summed E-state index contributed by atoms with van der Waals surface area (Å²) in [7, 11) is -0.522. The van der Waals surface area contributed by atoms with Crippen LogP contribution in [0.5, 0.6) is 5.75 Å². The summed E-state index contributed by atoms with van der Waals surface area (Å²) in [5.41, 5.74) is 2.92. The van der Waals surface area contributed by atoms with Gasteiger partial charge < -0.3 is 9.84 Å². The molecule has 11 nitrogen and oxygen atoms in total. The fourth-order valence-corrected chi connectivity index (χ4v) is 5.97. The lowest BCUT2D eigenvalue weighted by atomic mass is 10.1. The van der Waals surface area contributed by atoms with Crippen LogP contribution >= 0.6 is 0 Å². The third-order valence-corrected chi connectivity index (χ3v) is 8.42. The van der Waals surface area contributed by atoms with Crippen molar-refractivity contribution >= 4 is 16.0 Å². The first-order valence-corrected chi connectivity index (χ1v) is 13.6. The maximum absolute atomic E-state index is 13.3. The molecule has 5 rings (SSSR count). The summed E-state index contributed by atoms with van der Waals surface area (Å²) in [6.45, 7) is 2.25. The average molecular weight is 537 g/mol. The van der Waals surface area contributed by atoms with Gasteiger partial charge in [0.15, 0.2) is 0 Å². The number of nitrogens with zero attached hydrogens (tertiary/aromatic N) is 6. The molecule has 2 aromatic heterocycles. The molecule has 0 saturated heterocycles. The van der Waals surface area contributed by atoms with Crippen LogP contribution in [-0.2, 0) is 23.6 Å². The molecule has 0 radical (unpaired) electrons. The molecule has 1 saturated carbocycles. The summed E-state index contributed by atoms with van der Waals surface area (Å²) < 4.78 is 36.7. The second-order valence-electron chi connectivity index (χ2n) is 9.24. The highest BCUT2D eigenvalue weighted by molar-refractivity contribution is 7.89. The molecule has 0 amide bonds. The summed E-state index contributed by atoms with van der Waals surface area (Å²) in [5, 5.41) is 22.4. The van der Waals surface area contributed by atoms with Crippen LogP contribution in [0.3, 0.4) is 0 Å². The SMILES string of the molecule is CCOc1ccccc1S(=O)(=O)N(C)Cc1cccc(-n2ncc(C(=O)O)c2[C@@H]2C[C@H]2c2cn(C)nn2)c1.